The lowest BCUT2D eigenvalue weighted by Gasteiger charge is -2.08. The maximum Gasteiger partial charge on any atom is 0.448 e. The lowest BCUT2D eigenvalue weighted by molar-refractivity contribution is 0.0870. The van der Waals surface area contributed by atoms with Crippen LogP contribution in [0, 0.1) is 0 Å². The van der Waals surface area contributed by atoms with E-state index >= 15 is 0 Å². The van der Waals surface area contributed by atoms with Crippen LogP contribution in [0.4, 0.5) is 4.79 Å². The van der Waals surface area contributed by atoms with Crippen LogP contribution in [0.2, 0.25) is 0 Å². The Bertz CT molecular complexity index is 146. The van der Waals surface area contributed by atoms with E-state index in [-0.39, 0.29) is 0 Å². The Kier molecular flexibility index (Phi) is 8.35. The number of hydrogen-bond acceptors (Lipinski definition) is 7. The van der Waals surface area contributed by atoms with Gasteiger partial charge < -0.3 is 15.9 Å². The zero-order valence-electron chi connectivity index (χ0n) is 7.06. The predicted octanol–water partition coefficient (Wildman–Crippen LogP) is -0.833. The smallest absolute Gasteiger partial charge is 0.352 e. The van der Waals surface area contributed by atoms with Gasteiger partial charge in [-0.25, -0.2) is 4.79 Å². The van der Waals surface area contributed by atoms with Gasteiger partial charge in [-0.3, -0.25) is 0 Å². The van der Waals surface area contributed by atoms with Crippen LogP contribution in [-0.4, -0.2) is 36.0 Å². The third-order valence-electron chi connectivity index (χ3n) is 1.05. The Hall–Kier alpha value is -0.150. The molecule has 0 aromatic heterocycles. The highest BCUT2D eigenvalue weighted by atomic mass is 32.2. The summed E-state index contributed by atoms with van der Waals surface area (Å²) in [6, 6.07) is 0. The van der Waals surface area contributed by atoms with E-state index in [0.29, 0.717) is 19.6 Å². The number of nitrogens with zero attached hydrogens (tertiary/aromatic N) is 1. The fourth-order valence-corrected chi connectivity index (χ4v) is 0.602. The largest absolute Gasteiger partial charge is 0.448 e. The van der Waals surface area contributed by atoms with Crippen molar-refractivity contribution in [3.05, 3.63) is 0 Å². The summed E-state index contributed by atoms with van der Waals surface area (Å²) in [5.74, 6) is 0. The average molecular weight is 226 g/mol. The number of carbonyl (C=O) groups is 1. The van der Waals surface area contributed by atoms with E-state index in [1.807, 2.05) is 0 Å². The van der Waals surface area contributed by atoms with Gasteiger partial charge in [0, 0.05) is 26.2 Å². The van der Waals surface area contributed by atoms with Crippen molar-refractivity contribution in [1.82, 2.24) is 14.5 Å². The van der Waals surface area contributed by atoms with Crippen molar-refractivity contribution in [2.75, 3.05) is 26.2 Å². The zero-order valence-corrected chi connectivity index (χ0v) is 8.85. The summed E-state index contributed by atoms with van der Waals surface area (Å²) in [6.07, 6.45) is -0.675. The van der Waals surface area contributed by atoms with Gasteiger partial charge in [-0.15, -0.1) is 0 Å². The number of nitrogens with one attached hydrogen (secondary N) is 2. The van der Waals surface area contributed by atoms with Crippen molar-refractivity contribution in [2.45, 2.75) is 0 Å². The summed E-state index contributed by atoms with van der Waals surface area (Å²) in [5.41, 5.74) is 7.67. The maximum atomic E-state index is 10.7. The second-order valence-corrected chi connectivity index (χ2v) is 3.21. The second kappa shape index (κ2) is 8.45. The van der Waals surface area contributed by atoms with Crippen molar-refractivity contribution in [1.29, 1.82) is 0 Å². The molecule has 78 valence electrons. The number of hydrogen-bond donors (Lipinski definition) is 5. The highest BCUT2D eigenvalue weighted by Crippen LogP contribution is 1.98. The minimum absolute atomic E-state index is 0.501. The number of thiol groups is 2. The van der Waals surface area contributed by atoms with Gasteiger partial charge in [-0.05, 0) is 25.6 Å². The molecule has 0 spiro atoms. The molecule has 0 aliphatic heterocycles. The fraction of sp³-hybridized carbons (Fsp3) is 0.800. The molecule has 6 nitrogen and oxygen atoms in total. The molecule has 0 saturated heterocycles. The molecule has 0 heterocycles. The monoisotopic (exact) mass is 226 g/mol. The quantitative estimate of drug-likeness (QED) is 0.232. The topological polar surface area (TPSA) is 79.6 Å². The molecule has 0 aromatic carbocycles. The summed E-state index contributed by atoms with van der Waals surface area (Å²) in [6.45, 7) is 2.49. The summed E-state index contributed by atoms with van der Waals surface area (Å²) in [7, 11) is 0. The second-order valence-electron chi connectivity index (χ2n) is 2.09. The molecule has 4 N–H and O–H groups in total. The molecule has 0 radical (unpaired) electrons. The Morgan fingerprint density at radius 3 is 2.62 bits per heavy atom. The van der Waals surface area contributed by atoms with Gasteiger partial charge in [0.1, 0.15) is 0 Å². The molecule has 0 unspecified atom stereocenters. The highest BCUT2D eigenvalue weighted by Gasteiger charge is 2.05. The summed E-state index contributed by atoms with van der Waals surface area (Å²) in [4.78, 5) is 15.2. The van der Waals surface area contributed by atoms with Crippen LogP contribution in [0.15, 0.2) is 0 Å². The molecule has 1 amide bonds. The van der Waals surface area contributed by atoms with Crippen molar-refractivity contribution in [3.63, 3.8) is 0 Å². The van der Waals surface area contributed by atoms with E-state index < -0.39 is 6.09 Å². The highest BCUT2D eigenvalue weighted by molar-refractivity contribution is 7.94. The minimum Gasteiger partial charge on any atom is -0.352 e. The Labute approximate surface area is 88.2 Å². The van der Waals surface area contributed by atoms with Crippen LogP contribution in [0.3, 0.4) is 0 Å². The number of nitrogens with two attached hydrogens (primary N) is 1. The first kappa shape index (κ1) is 12.8. The Morgan fingerprint density at radius 1 is 1.38 bits per heavy atom. The molecule has 0 aliphatic rings. The van der Waals surface area contributed by atoms with Crippen LogP contribution >= 0.6 is 25.6 Å². The van der Waals surface area contributed by atoms with Crippen LogP contribution < -0.4 is 16.5 Å². The van der Waals surface area contributed by atoms with Gasteiger partial charge in [0.05, 0.1) is 0 Å². The molecule has 0 aliphatic carbocycles. The molecule has 0 atom stereocenters. The summed E-state index contributed by atoms with van der Waals surface area (Å²) >= 11 is 7.20. The molecule has 8 heteroatoms. The molecule has 0 fully saturated rings. The van der Waals surface area contributed by atoms with Gasteiger partial charge >= 0.3 is 6.09 Å². The van der Waals surface area contributed by atoms with Crippen LogP contribution in [0.5, 0.6) is 0 Å². The normalized spacial score (nSPS) is 9.77. The van der Waals surface area contributed by atoms with Crippen molar-refractivity contribution in [3.8, 4) is 0 Å². The molecular formula is C5H14N4O2S2. The summed E-state index contributed by atoms with van der Waals surface area (Å²) < 4.78 is 0.736. The zero-order chi connectivity index (χ0) is 10.1. The fourth-order valence-electron chi connectivity index (χ4n) is 0.520. The molecule has 0 bridgehead atoms. The molecule has 13 heavy (non-hydrogen) atoms. The minimum atomic E-state index is -0.675. The Balaban J connectivity index is 3.12. The molecule has 0 saturated carbocycles. The van der Waals surface area contributed by atoms with E-state index in [0.717, 1.165) is 10.3 Å². The van der Waals surface area contributed by atoms with Gasteiger partial charge in [0.2, 0.25) is 0 Å². The summed E-state index contributed by atoms with van der Waals surface area (Å²) in [5, 5.41) is 3.01. The SMILES string of the molecule is NCCNCCNOC(=O)N(S)S. The predicted molar refractivity (Wildman–Crippen MR) is 56.2 cm³/mol. The van der Waals surface area contributed by atoms with Crippen LogP contribution in [0.1, 0.15) is 0 Å². The molecule has 0 rings (SSSR count). The first-order chi connectivity index (χ1) is 6.18. The lowest BCUT2D eigenvalue weighted by atomic mass is 10.6. The van der Waals surface area contributed by atoms with Gasteiger partial charge in [-0.2, -0.15) is 9.19 Å². The Morgan fingerprint density at radius 2 is 2.08 bits per heavy atom. The van der Waals surface area contributed by atoms with Gasteiger partial charge in [-0.1, -0.05) is 0 Å². The third-order valence-corrected chi connectivity index (χ3v) is 1.37. The first-order valence-corrected chi connectivity index (χ1v) is 4.50. The number of rotatable bonds is 6. The number of amides is 1. The third kappa shape index (κ3) is 8.19. The van der Waals surface area contributed by atoms with E-state index in [1.54, 1.807) is 0 Å². The van der Waals surface area contributed by atoms with Crippen molar-refractivity contribution >= 4 is 31.7 Å². The molecule has 0 aromatic rings. The number of carbonyl (C=O) groups excluding carboxylic acids is 1. The standard InChI is InChI=1S/C5H14N4O2S2/c6-1-2-7-3-4-8-11-5(10)9(12)13/h7-8,12-13H,1-4,6H2. The van der Waals surface area contributed by atoms with Gasteiger partial charge in [0.25, 0.3) is 0 Å². The van der Waals surface area contributed by atoms with E-state index in [1.165, 1.54) is 0 Å². The van der Waals surface area contributed by atoms with E-state index in [2.05, 4.69) is 41.3 Å². The van der Waals surface area contributed by atoms with Crippen LogP contribution in [0.25, 0.3) is 0 Å². The van der Waals surface area contributed by atoms with Gasteiger partial charge in [0.15, 0.2) is 0 Å². The van der Waals surface area contributed by atoms with E-state index in [4.69, 9.17) is 5.73 Å². The van der Waals surface area contributed by atoms with Crippen LogP contribution in [-0.2, 0) is 4.84 Å². The lowest BCUT2D eigenvalue weighted by Crippen LogP contribution is -2.33. The van der Waals surface area contributed by atoms with Crippen molar-refractivity contribution < 1.29 is 9.63 Å². The van der Waals surface area contributed by atoms with Crippen molar-refractivity contribution in [2.24, 2.45) is 5.73 Å². The average Bonchev–Trinajstić information content (AvgIpc) is 2.10. The number of hydroxylamine groups is 1. The van der Waals surface area contributed by atoms with E-state index in [9.17, 15) is 4.79 Å². The maximum absolute atomic E-state index is 10.7. The first-order valence-electron chi connectivity index (χ1n) is 3.70. The molecular weight excluding hydrogens is 212 g/mol.